The first-order chi connectivity index (χ1) is 9.38. The first-order valence-electron chi connectivity index (χ1n) is 7.27. The fraction of sp³-hybridized carbons (Fsp3) is 0.857. The van der Waals surface area contributed by atoms with Crippen LogP contribution < -0.4 is 10.6 Å². The highest BCUT2D eigenvalue weighted by molar-refractivity contribution is 14.0. The number of aliphatic imine (C=N–C) groups is 1. The predicted molar refractivity (Wildman–Crippen MR) is 96.3 cm³/mol. The number of carbonyl (C=O) groups excluding carboxylic acids is 1. The third-order valence-corrected chi connectivity index (χ3v) is 3.12. The van der Waals surface area contributed by atoms with Crippen molar-refractivity contribution in [2.45, 2.75) is 51.8 Å². The van der Waals surface area contributed by atoms with Crippen molar-refractivity contribution in [1.29, 1.82) is 0 Å². The summed E-state index contributed by atoms with van der Waals surface area (Å²) in [6, 6.07) is 0.617. The van der Waals surface area contributed by atoms with Crippen molar-refractivity contribution in [2.75, 3.05) is 27.2 Å². The Labute approximate surface area is 145 Å². The van der Waals surface area contributed by atoms with Crippen molar-refractivity contribution in [3.8, 4) is 0 Å². The molecule has 2 unspecified atom stereocenters. The van der Waals surface area contributed by atoms with Gasteiger partial charge in [0, 0.05) is 32.8 Å². The molecule has 1 amide bonds. The van der Waals surface area contributed by atoms with Crippen LogP contribution in [0, 0.1) is 0 Å². The van der Waals surface area contributed by atoms with Crippen molar-refractivity contribution in [1.82, 2.24) is 15.5 Å². The van der Waals surface area contributed by atoms with Gasteiger partial charge in [-0.25, -0.2) is 4.99 Å². The number of carbonyl (C=O) groups is 1. The van der Waals surface area contributed by atoms with Gasteiger partial charge in [0.2, 0.25) is 5.91 Å². The first kappa shape index (κ1) is 20.4. The Kier molecular flexibility index (Phi) is 9.93. The Morgan fingerprint density at radius 3 is 2.62 bits per heavy atom. The highest BCUT2D eigenvalue weighted by Gasteiger charge is 2.20. The minimum atomic E-state index is -0.00444. The van der Waals surface area contributed by atoms with Crippen molar-refractivity contribution < 1.29 is 9.53 Å². The second-order valence-electron chi connectivity index (χ2n) is 5.80. The number of hydrogen-bond donors (Lipinski definition) is 2. The van der Waals surface area contributed by atoms with Crippen molar-refractivity contribution in [2.24, 2.45) is 4.99 Å². The second-order valence-corrected chi connectivity index (χ2v) is 5.80. The SMILES string of the molecule is CC(C)NC(=NCC(=O)N(C)C)NC1CCOC(C)C1.I. The van der Waals surface area contributed by atoms with Crippen LogP contribution in [0.25, 0.3) is 0 Å². The predicted octanol–water partition coefficient (Wildman–Crippen LogP) is 1.20. The number of nitrogens with one attached hydrogen (secondary N) is 2. The van der Waals surface area contributed by atoms with Crippen LogP contribution in [-0.2, 0) is 9.53 Å². The lowest BCUT2D eigenvalue weighted by molar-refractivity contribution is -0.127. The fourth-order valence-electron chi connectivity index (χ4n) is 2.02. The molecule has 0 saturated carbocycles. The monoisotopic (exact) mass is 412 g/mol. The van der Waals surface area contributed by atoms with Crippen LogP contribution in [0.3, 0.4) is 0 Å². The maximum atomic E-state index is 11.6. The molecule has 0 radical (unpaired) electrons. The number of rotatable bonds is 4. The third-order valence-electron chi connectivity index (χ3n) is 3.12. The number of guanidine groups is 1. The fourth-order valence-corrected chi connectivity index (χ4v) is 2.02. The maximum Gasteiger partial charge on any atom is 0.243 e. The Balaban J connectivity index is 0.00000400. The van der Waals surface area contributed by atoms with Crippen LogP contribution in [0.2, 0.25) is 0 Å². The van der Waals surface area contributed by atoms with E-state index >= 15 is 0 Å². The number of halogens is 1. The number of nitrogens with zero attached hydrogens (tertiary/aromatic N) is 2. The molecule has 0 aliphatic carbocycles. The first-order valence-corrected chi connectivity index (χ1v) is 7.27. The summed E-state index contributed by atoms with van der Waals surface area (Å²) < 4.78 is 5.54. The largest absolute Gasteiger partial charge is 0.378 e. The third kappa shape index (κ3) is 8.45. The molecule has 0 aromatic rings. The molecule has 21 heavy (non-hydrogen) atoms. The van der Waals surface area contributed by atoms with E-state index in [1.165, 1.54) is 0 Å². The summed E-state index contributed by atoms with van der Waals surface area (Å²) in [4.78, 5) is 17.5. The lowest BCUT2D eigenvalue weighted by Gasteiger charge is -2.29. The Morgan fingerprint density at radius 1 is 1.43 bits per heavy atom. The summed E-state index contributed by atoms with van der Waals surface area (Å²) in [6.07, 6.45) is 2.19. The van der Waals surface area contributed by atoms with Crippen LogP contribution in [0.15, 0.2) is 4.99 Å². The molecular formula is C14H29IN4O2. The average molecular weight is 412 g/mol. The zero-order chi connectivity index (χ0) is 15.1. The molecular weight excluding hydrogens is 383 g/mol. The van der Waals surface area contributed by atoms with Crippen LogP contribution in [0.4, 0.5) is 0 Å². The van der Waals surface area contributed by atoms with Gasteiger partial charge < -0.3 is 20.3 Å². The normalized spacial score (nSPS) is 22.5. The highest BCUT2D eigenvalue weighted by Crippen LogP contribution is 2.12. The Bertz CT molecular complexity index is 348. The Hall–Kier alpha value is -0.570. The van der Waals surface area contributed by atoms with Gasteiger partial charge in [0.25, 0.3) is 0 Å². The summed E-state index contributed by atoms with van der Waals surface area (Å²) in [5.74, 6) is 0.699. The molecule has 1 aliphatic rings. The maximum absolute atomic E-state index is 11.6. The van der Waals surface area contributed by atoms with E-state index in [0.717, 1.165) is 19.4 Å². The number of likely N-dealkylation sites (N-methyl/N-ethyl adjacent to an activating group) is 1. The number of amides is 1. The standard InChI is InChI=1S/C14H28N4O2.HI/c1-10(2)16-14(15-9-13(19)18(4)5)17-12-6-7-20-11(3)8-12;/h10-12H,6-9H2,1-5H3,(H2,15,16,17);1H. The molecule has 2 atom stereocenters. The van der Waals surface area contributed by atoms with Gasteiger partial charge in [-0.1, -0.05) is 0 Å². The van der Waals surface area contributed by atoms with Crippen molar-refractivity contribution in [3.05, 3.63) is 0 Å². The van der Waals surface area contributed by atoms with E-state index < -0.39 is 0 Å². The quantitative estimate of drug-likeness (QED) is 0.414. The molecule has 0 bridgehead atoms. The van der Waals surface area contributed by atoms with Crippen LogP contribution in [0.1, 0.15) is 33.6 Å². The molecule has 7 heteroatoms. The summed E-state index contributed by atoms with van der Waals surface area (Å²) in [6.45, 7) is 7.11. The van der Waals surface area contributed by atoms with Gasteiger partial charge in [-0.3, -0.25) is 4.79 Å². The minimum absolute atomic E-state index is 0. The van der Waals surface area contributed by atoms with Crippen LogP contribution in [-0.4, -0.2) is 62.2 Å². The van der Waals surface area contributed by atoms with E-state index in [9.17, 15) is 4.79 Å². The smallest absolute Gasteiger partial charge is 0.243 e. The van der Waals surface area contributed by atoms with Crippen LogP contribution in [0.5, 0.6) is 0 Å². The zero-order valence-electron chi connectivity index (χ0n) is 13.7. The molecule has 1 saturated heterocycles. The van der Waals surface area contributed by atoms with Crippen molar-refractivity contribution >= 4 is 35.8 Å². The number of ether oxygens (including phenoxy) is 1. The van der Waals surface area contributed by atoms with E-state index in [0.29, 0.717) is 12.0 Å². The topological polar surface area (TPSA) is 66.0 Å². The van der Waals surface area contributed by atoms with Gasteiger partial charge >= 0.3 is 0 Å². The van der Waals surface area contributed by atoms with E-state index in [4.69, 9.17) is 4.74 Å². The van der Waals surface area contributed by atoms with Gasteiger partial charge in [-0.2, -0.15) is 0 Å². The van der Waals surface area contributed by atoms with Crippen LogP contribution >= 0.6 is 24.0 Å². The lowest BCUT2D eigenvalue weighted by atomic mass is 10.0. The average Bonchev–Trinajstić information content (AvgIpc) is 2.34. The van der Waals surface area contributed by atoms with E-state index in [1.807, 2.05) is 0 Å². The van der Waals surface area contributed by atoms with E-state index in [1.54, 1.807) is 19.0 Å². The van der Waals surface area contributed by atoms with Gasteiger partial charge in [-0.05, 0) is 33.6 Å². The van der Waals surface area contributed by atoms with E-state index in [2.05, 4.69) is 36.4 Å². The summed E-state index contributed by atoms with van der Waals surface area (Å²) in [7, 11) is 3.47. The summed E-state index contributed by atoms with van der Waals surface area (Å²) in [5, 5.41) is 6.66. The molecule has 0 aromatic heterocycles. The molecule has 0 aromatic carbocycles. The minimum Gasteiger partial charge on any atom is -0.378 e. The summed E-state index contributed by atoms with van der Waals surface area (Å²) >= 11 is 0. The second kappa shape index (κ2) is 10.2. The van der Waals surface area contributed by atoms with Gasteiger partial charge in [0.05, 0.1) is 6.10 Å². The molecule has 124 valence electrons. The Morgan fingerprint density at radius 2 is 2.10 bits per heavy atom. The molecule has 2 N–H and O–H groups in total. The highest BCUT2D eigenvalue weighted by atomic mass is 127. The van der Waals surface area contributed by atoms with E-state index in [-0.39, 0.29) is 48.6 Å². The molecule has 1 aliphatic heterocycles. The molecule has 1 rings (SSSR count). The van der Waals surface area contributed by atoms with Gasteiger partial charge in [0.15, 0.2) is 5.96 Å². The molecule has 1 heterocycles. The lowest BCUT2D eigenvalue weighted by Crippen LogP contribution is -2.49. The van der Waals surface area contributed by atoms with Gasteiger partial charge in [0.1, 0.15) is 6.54 Å². The van der Waals surface area contributed by atoms with Crippen molar-refractivity contribution in [3.63, 3.8) is 0 Å². The molecule has 1 fully saturated rings. The number of hydrogen-bond acceptors (Lipinski definition) is 3. The van der Waals surface area contributed by atoms with Gasteiger partial charge in [-0.15, -0.1) is 24.0 Å². The molecule has 0 spiro atoms. The zero-order valence-corrected chi connectivity index (χ0v) is 16.0. The molecule has 6 nitrogen and oxygen atoms in total. The summed E-state index contributed by atoms with van der Waals surface area (Å²) in [5.41, 5.74) is 0.